The quantitative estimate of drug-likeness (QED) is 0.774. The third-order valence-electron chi connectivity index (χ3n) is 1.62. The average molecular weight is 338 g/mol. The van der Waals surface area contributed by atoms with Gasteiger partial charge in [-0.25, -0.2) is 8.42 Å². The Kier molecular flexibility index (Phi) is 3.91. The molecular weight excluding hydrogens is 333 g/mol. The van der Waals surface area contributed by atoms with Gasteiger partial charge in [-0.1, -0.05) is 15.9 Å². The van der Waals surface area contributed by atoms with Crippen molar-refractivity contribution in [1.29, 1.82) is 0 Å². The van der Waals surface area contributed by atoms with Crippen LogP contribution in [0, 0.1) is 0 Å². The van der Waals surface area contributed by atoms with Gasteiger partial charge in [0.05, 0.1) is 11.3 Å². The van der Waals surface area contributed by atoms with E-state index in [0.717, 1.165) is 12.1 Å². The summed E-state index contributed by atoms with van der Waals surface area (Å²) in [5.41, 5.74) is -0.936. The van der Waals surface area contributed by atoms with Gasteiger partial charge < -0.3 is 0 Å². The maximum atomic E-state index is 12.4. The standard InChI is InChI=1S/C8H5BrClF3O2S/c9-7-2-5(4-16(10,14)15)1-6(3-7)8(11,12)13/h1-3H,4H2. The van der Waals surface area contributed by atoms with E-state index < -0.39 is 26.5 Å². The van der Waals surface area contributed by atoms with E-state index in [4.69, 9.17) is 10.7 Å². The van der Waals surface area contributed by atoms with Crippen molar-refractivity contribution in [3.05, 3.63) is 33.8 Å². The molecule has 1 rings (SSSR count). The summed E-state index contributed by atoms with van der Waals surface area (Å²) in [4.78, 5) is 0. The normalized spacial score (nSPS) is 12.8. The Bertz CT molecular complexity index is 498. The third kappa shape index (κ3) is 4.31. The van der Waals surface area contributed by atoms with E-state index in [-0.39, 0.29) is 10.0 Å². The summed E-state index contributed by atoms with van der Waals surface area (Å²) in [6.45, 7) is 0. The van der Waals surface area contributed by atoms with Gasteiger partial charge >= 0.3 is 6.18 Å². The minimum absolute atomic E-state index is 0.0169. The van der Waals surface area contributed by atoms with Crippen LogP contribution < -0.4 is 0 Å². The van der Waals surface area contributed by atoms with Crippen molar-refractivity contribution in [2.24, 2.45) is 0 Å². The maximum absolute atomic E-state index is 12.4. The van der Waals surface area contributed by atoms with E-state index in [9.17, 15) is 21.6 Å². The number of rotatable bonds is 2. The van der Waals surface area contributed by atoms with Gasteiger partial charge in [-0.3, -0.25) is 0 Å². The van der Waals surface area contributed by atoms with Crippen LogP contribution in [-0.4, -0.2) is 8.42 Å². The first-order chi connectivity index (χ1) is 7.08. The predicted molar refractivity (Wildman–Crippen MR) is 57.6 cm³/mol. The molecule has 0 amide bonds. The first-order valence-electron chi connectivity index (χ1n) is 3.87. The predicted octanol–water partition coefficient (Wildman–Crippen LogP) is 3.54. The van der Waals surface area contributed by atoms with Crippen molar-refractivity contribution in [1.82, 2.24) is 0 Å². The minimum Gasteiger partial charge on any atom is -0.212 e. The molecule has 0 aliphatic carbocycles. The zero-order chi connectivity index (χ0) is 12.6. The zero-order valence-electron chi connectivity index (χ0n) is 7.55. The van der Waals surface area contributed by atoms with Crippen molar-refractivity contribution in [3.63, 3.8) is 0 Å². The molecule has 1 aromatic rings. The molecule has 0 aromatic heterocycles. The summed E-state index contributed by atoms with van der Waals surface area (Å²) in [5.74, 6) is -0.642. The smallest absolute Gasteiger partial charge is 0.212 e. The molecule has 1 aromatic carbocycles. The highest BCUT2D eigenvalue weighted by molar-refractivity contribution is 9.10. The fourth-order valence-corrected chi connectivity index (χ4v) is 2.58. The van der Waals surface area contributed by atoms with Crippen LogP contribution >= 0.6 is 26.6 Å². The second-order valence-corrected chi connectivity index (χ2v) is 6.72. The molecule has 0 fully saturated rings. The number of alkyl halides is 3. The summed E-state index contributed by atoms with van der Waals surface area (Å²) in [5, 5.41) is 0. The van der Waals surface area contributed by atoms with E-state index >= 15 is 0 Å². The van der Waals surface area contributed by atoms with Crippen LogP contribution in [0.5, 0.6) is 0 Å². The Balaban J connectivity index is 3.19. The molecule has 0 aliphatic rings. The summed E-state index contributed by atoms with van der Waals surface area (Å²) >= 11 is 2.88. The summed E-state index contributed by atoms with van der Waals surface area (Å²) in [7, 11) is 1.09. The van der Waals surface area contributed by atoms with Crippen LogP contribution in [0.3, 0.4) is 0 Å². The molecule has 0 bridgehead atoms. The Morgan fingerprint density at radius 3 is 2.25 bits per heavy atom. The Hall–Kier alpha value is -0.270. The summed E-state index contributed by atoms with van der Waals surface area (Å²) in [6, 6.07) is 2.89. The molecule has 0 radical (unpaired) electrons. The monoisotopic (exact) mass is 336 g/mol. The molecular formula is C8H5BrClF3O2S. The average Bonchev–Trinajstić information content (AvgIpc) is 1.97. The Morgan fingerprint density at radius 1 is 1.25 bits per heavy atom. The van der Waals surface area contributed by atoms with Gasteiger partial charge in [0.25, 0.3) is 0 Å². The molecule has 0 unspecified atom stereocenters. The van der Waals surface area contributed by atoms with Crippen molar-refractivity contribution in [2.45, 2.75) is 11.9 Å². The van der Waals surface area contributed by atoms with E-state index in [1.165, 1.54) is 6.07 Å². The van der Waals surface area contributed by atoms with Crippen molar-refractivity contribution in [2.75, 3.05) is 0 Å². The van der Waals surface area contributed by atoms with Crippen molar-refractivity contribution in [3.8, 4) is 0 Å². The van der Waals surface area contributed by atoms with Gasteiger partial charge in [-0.2, -0.15) is 13.2 Å². The van der Waals surface area contributed by atoms with Crippen LogP contribution in [0.2, 0.25) is 0 Å². The van der Waals surface area contributed by atoms with Crippen LogP contribution in [0.25, 0.3) is 0 Å². The number of hydrogen-bond acceptors (Lipinski definition) is 2. The zero-order valence-corrected chi connectivity index (χ0v) is 10.7. The van der Waals surface area contributed by atoms with Gasteiger partial charge in [0.2, 0.25) is 9.05 Å². The van der Waals surface area contributed by atoms with E-state index in [1.54, 1.807) is 0 Å². The molecule has 90 valence electrons. The summed E-state index contributed by atoms with van der Waals surface area (Å²) < 4.78 is 58.8. The second-order valence-electron chi connectivity index (χ2n) is 3.03. The van der Waals surface area contributed by atoms with Gasteiger partial charge in [-0.15, -0.1) is 0 Å². The number of benzene rings is 1. The van der Waals surface area contributed by atoms with Gasteiger partial charge in [0, 0.05) is 15.2 Å². The lowest BCUT2D eigenvalue weighted by molar-refractivity contribution is -0.137. The first-order valence-corrected chi connectivity index (χ1v) is 7.14. The molecule has 16 heavy (non-hydrogen) atoms. The molecule has 0 N–H and O–H groups in total. The molecule has 0 saturated heterocycles. The minimum atomic E-state index is -4.52. The van der Waals surface area contributed by atoms with Crippen LogP contribution in [0.15, 0.2) is 22.7 Å². The summed E-state index contributed by atoms with van der Waals surface area (Å²) in [6.07, 6.45) is -4.52. The highest BCUT2D eigenvalue weighted by Crippen LogP contribution is 2.32. The highest BCUT2D eigenvalue weighted by atomic mass is 79.9. The Labute approximate surface area is 103 Å². The van der Waals surface area contributed by atoms with Crippen molar-refractivity contribution >= 4 is 35.7 Å². The number of halogens is 5. The Morgan fingerprint density at radius 2 is 1.81 bits per heavy atom. The molecule has 0 atom stereocenters. The lowest BCUT2D eigenvalue weighted by Crippen LogP contribution is -2.06. The fourth-order valence-electron chi connectivity index (χ4n) is 1.10. The highest BCUT2D eigenvalue weighted by Gasteiger charge is 2.31. The lowest BCUT2D eigenvalue weighted by Gasteiger charge is -2.09. The largest absolute Gasteiger partial charge is 0.416 e. The second kappa shape index (κ2) is 4.54. The lowest BCUT2D eigenvalue weighted by atomic mass is 10.1. The maximum Gasteiger partial charge on any atom is 0.416 e. The molecule has 2 nitrogen and oxygen atoms in total. The number of hydrogen-bond donors (Lipinski definition) is 0. The van der Waals surface area contributed by atoms with Crippen molar-refractivity contribution < 1.29 is 21.6 Å². The first kappa shape index (κ1) is 13.8. The SMILES string of the molecule is O=S(=O)(Cl)Cc1cc(Br)cc(C(F)(F)F)c1. The van der Waals surface area contributed by atoms with Gasteiger partial charge in [0.15, 0.2) is 0 Å². The van der Waals surface area contributed by atoms with E-state index in [0.29, 0.717) is 0 Å². The molecule has 0 heterocycles. The fraction of sp³-hybridized carbons (Fsp3) is 0.250. The van der Waals surface area contributed by atoms with Crippen LogP contribution in [0.1, 0.15) is 11.1 Å². The molecule has 0 aliphatic heterocycles. The van der Waals surface area contributed by atoms with Gasteiger partial charge in [0.1, 0.15) is 0 Å². The molecule has 8 heteroatoms. The van der Waals surface area contributed by atoms with Crippen LogP contribution in [0.4, 0.5) is 13.2 Å². The van der Waals surface area contributed by atoms with E-state index in [1.807, 2.05) is 0 Å². The van der Waals surface area contributed by atoms with Gasteiger partial charge in [-0.05, 0) is 23.8 Å². The third-order valence-corrected chi connectivity index (χ3v) is 3.09. The molecule has 0 saturated carbocycles. The van der Waals surface area contributed by atoms with Crippen LogP contribution in [-0.2, 0) is 21.0 Å². The topological polar surface area (TPSA) is 34.1 Å². The molecule has 0 spiro atoms. The van der Waals surface area contributed by atoms with E-state index in [2.05, 4.69) is 15.9 Å².